The largest absolute Gasteiger partial charge is 0.450 e. The molecule has 0 amide bonds. The highest BCUT2D eigenvalue weighted by Crippen LogP contribution is 2.36. The lowest BCUT2D eigenvalue weighted by Gasteiger charge is -2.18. The Morgan fingerprint density at radius 3 is 2.81 bits per heavy atom. The average Bonchev–Trinajstić information content (AvgIpc) is 3.02. The fourth-order valence-electron chi connectivity index (χ4n) is 2.67. The van der Waals surface area contributed by atoms with E-state index >= 15 is 0 Å². The lowest BCUT2D eigenvalue weighted by Crippen LogP contribution is -2.18. The van der Waals surface area contributed by atoms with Crippen molar-refractivity contribution in [3.63, 3.8) is 0 Å². The lowest BCUT2D eigenvalue weighted by atomic mass is 10.2. The minimum absolute atomic E-state index is 0.214. The number of fused-ring (bicyclic) bond motifs is 1. The molecule has 1 aliphatic rings. The molecule has 1 atom stereocenters. The van der Waals surface area contributed by atoms with Crippen LogP contribution in [0.25, 0.3) is 11.0 Å². The van der Waals surface area contributed by atoms with Crippen molar-refractivity contribution >= 4 is 45.3 Å². The maximum absolute atomic E-state index is 14.5. The predicted octanol–water partition coefficient (Wildman–Crippen LogP) is 5.44. The van der Waals surface area contributed by atoms with Crippen LogP contribution in [-0.2, 0) is 0 Å². The van der Waals surface area contributed by atoms with Gasteiger partial charge in [-0.2, -0.15) is 0 Å². The number of hydrogen-bond donors (Lipinski definition) is 2. The number of nitrogens with zero attached hydrogens (tertiary/aromatic N) is 2. The molecule has 0 radical (unpaired) electrons. The van der Waals surface area contributed by atoms with Gasteiger partial charge in [-0.3, -0.25) is 4.99 Å². The normalized spacial score (nSPS) is 17.0. The summed E-state index contributed by atoms with van der Waals surface area (Å²) in [6.45, 7) is 2.79. The molecule has 1 unspecified atom stereocenters. The molecule has 2 aromatic heterocycles. The molecule has 0 saturated heterocycles. The molecular weight excluding hydrogens is 394 g/mol. The van der Waals surface area contributed by atoms with Crippen molar-refractivity contribution in [3.8, 4) is 11.5 Å². The highest BCUT2D eigenvalue weighted by Gasteiger charge is 2.18. The van der Waals surface area contributed by atoms with E-state index in [1.54, 1.807) is 0 Å². The van der Waals surface area contributed by atoms with E-state index in [2.05, 4.69) is 27.2 Å². The van der Waals surface area contributed by atoms with Gasteiger partial charge in [0.15, 0.2) is 22.6 Å². The molecule has 5 nitrogen and oxygen atoms in total. The number of H-pyrrole nitrogens is 1. The van der Waals surface area contributed by atoms with Crippen LogP contribution in [0.3, 0.4) is 0 Å². The fourth-order valence-corrected chi connectivity index (χ4v) is 3.81. The SMILES string of the molecule is CC1CN=C(Nc2cc(F)c(Oc3ccnc4[nH]cc(Cl)c34)c(F)c2)SC1. The van der Waals surface area contributed by atoms with Gasteiger partial charge in [-0.25, -0.2) is 13.8 Å². The molecule has 9 heteroatoms. The summed E-state index contributed by atoms with van der Waals surface area (Å²) in [4.78, 5) is 11.3. The predicted molar refractivity (Wildman–Crippen MR) is 105 cm³/mol. The number of amidine groups is 1. The number of benzene rings is 1. The van der Waals surface area contributed by atoms with Gasteiger partial charge in [0.1, 0.15) is 11.4 Å². The minimum Gasteiger partial charge on any atom is -0.450 e. The first kappa shape index (κ1) is 18.1. The minimum atomic E-state index is -0.830. The van der Waals surface area contributed by atoms with Gasteiger partial charge in [0.25, 0.3) is 0 Å². The van der Waals surface area contributed by atoms with Crippen molar-refractivity contribution in [2.45, 2.75) is 6.92 Å². The van der Waals surface area contributed by atoms with Crippen LogP contribution in [0, 0.1) is 17.6 Å². The number of hydrogen-bond acceptors (Lipinski definition) is 5. The summed E-state index contributed by atoms with van der Waals surface area (Å²) in [5.74, 6) is -0.550. The third kappa shape index (κ3) is 3.72. The second kappa shape index (κ2) is 7.36. The van der Waals surface area contributed by atoms with Crippen molar-refractivity contribution in [1.82, 2.24) is 9.97 Å². The number of aliphatic imine (C=N–C) groups is 1. The maximum atomic E-state index is 14.5. The first-order chi connectivity index (χ1) is 13.0. The van der Waals surface area contributed by atoms with Crippen LogP contribution in [0.4, 0.5) is 14.5 Å². The van der Waals surface area contributed by atoms with Gasteiger partial charge < -0.3 is 15.0 Å². The summed E-state index contributed by atoms with van der Waals surface area (Å²) in [6, 6.07) is 3.86. The number of rotatable bonds is 3. The van der Waals surface area contributed by atoms with E-state index in [1.807, 2.05) is 0 Å². The molecule has 3 heterocycles. The van der Waals surface area contributed by atoms with Gasteiger partial charge in [0, 0.05) is 42.5 Å². The smallest absolute Gasteiger partial charge is 0.198 e. The first-order valence-electron chi connectivity index (χ1n) is 8.24. The molecule has 27 heavy (non-hydrogen) atoms. The Hall–Kier alpha value is -2.32. The van der Waals surface area contributed by atoms with Gasteiger partial charge in [-0.1, -0.05) is 30.3 Å². The molecule has 140 valence electrons. The van der Waals surface area contributed by atoms with E-state index in [0.717, 1.165) is 5.75 Å². The molecule has 0 fully saturated rings. The van der Waals surface area contributed by atoms with Gasteiger partial charge in [0.2, 0.25) is 0 Å². The maximum Gasteiger partial charge on any atom is 0.198 e. The van der Waals surface area contributed by atoms with Crippen molar-refractivity contribution in [2.75, 3.05) is 17.6 Å². The van der Waals surface area contributed by atoms with Crippen LogP contribution in [0.1, 0.15) is 6.92 Å². The third-order valence-corrected chi connectivity index (χ3v) is 5.54. The van der Waals surface area contributed by atoms with Crippen LogP contribution < -0.4 is 10.1 Å². The van der Waals surface area contributed by atoms with Gasteiger partial charge in [0.05, 0.1) is 10.4 Å². The Balaban J connectivity index is 1.61. The van der Waals surface area contributed by atoms with Crippen molar-refractivity contribution in [3.05, 3.63) is 47.2 Å². The molecule has 4 rings (SSSR count). The Morgan fingerprint density at radius 1 is 1.33 bits per heavy atom. The Morgan fingerprint density at radius 2 is 2.11 bits per heavy atom. The van der Waals surface area contributed by atoms with Gasteiger partial charge in [-0.15, -0.1) is 0 Å². The number of nitrogens with one attached hydrogen (secondary N) is 2. The Bertz CT molecular complexity index is 1020. The first-order valence-corrected chi connectivity index (χ1v) is 9.60. The third-order valence-electron chi connectivity index (χ3n) is 4.00. The molecule has 0 aliphatic carbocycles. The highest BCUT2D eigenvalue weighted by atomic mass is 35.5. The zero-order chi connectivity index (χ0) is 19.0. The van der Waals surface area contributed by atoms with Crippen LogP contribution >= 0.6 is 23.4 Å². The summed E-state index contributed by atoms with van der Waals surface area (Å²) in [6.07, 6.45) is 3.00. The van der Waals surface area contributed by atoms with Crippen LogP contribution in [-0.4, -0.2) is 27.4 Å². The van der Waals surface area contributed by atoms with E-state index in [1.165, 1.54) is 42.4 Å². The number of pyridine rings is 1. The van der Waals surface area contributed by atoms with E-state index < -0.39 is 17.4 Å². The van der Waals surface area contributed by atoms with Crippen LogP contribution in [0.2, 0.25) is 5.02 Å². The van der Waals surface area contributed by atoms with Gasteiger partial charge >= 0.3 is 0 Å². The quantitative estimate of drug-likeness (QED) is 0.606. The molecule has 2 N–H and O–H groups in total. The summed E-state index contributed by atoms with van der Waals surface area (Å²) in [5.41, 5.74) is 0.746. The van der Waals surface area contributed by atoms with Gasteiger partial charge in [-0.05, 0) is 12.0 Å². The van der Waals surface area contributed by atoms with Crippen molar-refractivity contribution in [1.29, 1.82) is 0 Å². The van der Waals surface area contributed by atoms with Crippen molar-refractivity contribution in [2.24, 2.45) is 10.9 Å². The van der Waals surface area contributed by atoms with Crippen LogP contribution in [0.5, 0.6) is 11.5 Å². The molecule has 1 aromatic carbocycles. The molecule has 0 bridgehead atoms. The average molecular weight is 409 g/mol. The van der Waals surface area contributed by atoms with E-state index in [0.29, 0.717) is 33.7 Å². The fraction of sp³-hybridized carbons (Fsp3) is 0.222. The number of thioether (sulfide) groups is 1. The number of anilines is 1. The van der Waals surface area contributed by atoms with E-state index in [9.17, 15) is 8.78 Å². The summed E-state index contributed by atoms with van der Waals surface area (Å²) < 4.78 is 34.6. The zero-order valence-corrected chi connectivity index (χ0v) is 15.8. The Labute approximate surface area is 163 Å². The highest BCUT2D eigenvalue weighted by molar-refractivity contribution is 8.14. The summed E-state index contributed by atoms with van der Waals surface area (Å²) >= 11 is 7.63. The molecule has 3 aromatic rings. The van der Waals surface area contributed by atoms with Crippen LogP contribution in [0.15, 0.2) is 35.6 Å². The molecule has 1 aliphatic heterocycles. The molecular formula is C18H15ClF2N4OS. The Kier molecular flexibility index (Phi) is 4.92. The number of halogens is 3. The lowest BCUT2D eigenvalue weighted by molar-refractivity contribution is 0.411. The summed E-state index contributed by atoms with van der Waals surface area (Å²) in [7, 11) is 0. The molecule has 0 spiro atoms. The van der Waals surface area contributed by atoms with E-state index in [-0.39, 0.29) is 11.4 Å². The second-order valence-electron chi connectivity index (χ2n) is 6.23. The monoisotopic (exact) mass is 408 g/mol. The zero-order valence-electron chi connectivity index (χ0n) is 14.2. The number of aromatic amines is 1. The second-order valence-corrected chi connectivity index (χ2v) is 7.64. The topological polar surface area (TPSA) is 62.3 Å². The van der Waals surface area contributed by atoms with E-state index in [4.69, 9.17) is 16.3 Å². The number of aromatic nitrogens is 2. The standard InChI is InChI=1S/C18H15ClF2N4OS/c1-9-6-24-18(27-8-9)25-10-4-12(20)16(13(21)5-10)26-14-2-3-22-17-15(14)11(19)7-23-17/h2-5,7,9H,6,8H2,1H3,(H,22,23)(H,24,25). The number of ether oxygens (including phenoxy) is 1. The van der Waals surface area contributed by atoms with Crippen molar-refractivity contribution < 1.29 is 13.5 Å². The summed E-state index contributed by atoms with van der Waals surface area (Å²) in [5, 5.41) is 4.41. The molecule has 0 saturated carbocycles.